The van der Waals surface area contributed by atoms with Crippen LogP contribution in [0.5, 0.6) is 23.0 Å². The summed E-state index contributed by atoms with van der Waals surface area (Å²) in [6, 6.07) is 24.1. The summed E-state index contributed by atoms with van der Waals surface area (Å²) in [5.74, 6) is 2.76. The summed E-state index contributed by atoms with van der Waals surface area (Å²) < 4.78 is 17.4. The average molecular weight is 330 g/mol. The molecule has 0 heterocycles. The van der Waals surface area contributed by atoms with Crippen LogP contribution in [0.2, 0.25) is 0 Å². The third kappa shape index (κ3) is 2.64. The highest BCUT2D eigenvalue weighted by Crippen LogP contribution is 2.42. The van der Waals surface area contributed by atoms with E-state index in [1.807, 2.05) is 60.7 Å². The molecule has 0 amide bonds. The predicted molar refractivity (Wildman–Crippen MR) is 101 cm³/mol. The second-order valence-electron chi connectivity index (χ2n) is 5.74. The minimum absolute atomic E-state index is 0.662. The van der Waals surface area contributed by atoms with Crippen molar-refractivity contribution in [3.63, 3.8) is 0 Å². The van der Waals surface area contributed by atoms with Crippen molar-refractivity contribution in [2.24, 2.45) is 0 Å². The molecule has 0 aliphatic heterocycles. The van der Waals surface area contributed by atoms with E-state index in [2.05, 4.69) is 12.1 Å². The molecule has 0 aromatic heterocycles. The van der Waals surface area contributed by atoms with Gasteiger partial charge in [0.25, 0.3) is 0 Å². The van der Waals surface area contributed by atoms with E-state index < -0.39 is 0 Å². The molecule has 3 heteroatoms. The molecule has 3 nitrogen and oxygen atoms in total. The van der Waals surface area contributed by atoms with Crippen LogP contribution in [0.4, 0.5) is 0 Å². The molecule has 4 aromatic carbocycles. The molecule has 0 N–H and O–H groups in total. The largest absolute Gasteiger partial charge is 0.492 e. The van der Waals surface area contributed by atoms with Gasteiger partial charge in [-0.1, -0.05) is 60.7 Å². The monoisotopic (exact) mass is 330 g/mol. The fraction of sp³-hybridized carbons (Fsp3) is 0.0909. The van der Waals surface area contributed by atoms with E-state index in [0.29, 0.717) is 23.0 Å². The van der Waals surface area contributed by atoms with E-state index in [9.17, 15) is 0 Å². The van der Waals surface area contributed by atoms with Gasteiger partial charge in [0.05, 0.1) is 14.2 Å². The normalized spacial score (nSPS) is 10.8. The average Bonchev–Trinajstić information content (AvgIpc) is 2.67. The maximum Gasteiger partial charge on any atom is 0.170 e. The maximum atomic E-state index is 6.19. The van der Waals surface area contributed by atoms with Crippen molar-refractivity contribution in [2.45, 2.75) is 0 Å². The van der Waals surface area contributed by atoms with Crippen molar-refractivity contribution < 1.29 is 14.2 Å². The van der Waals surface area contributed by atoms with Gasteiger partial charge >= 0.3 is 0 Å². The van der Waals surface area contributed by atoms with Gasteiger partial charge in [-0.2, -0.15) is 0 Å². The lowest BCUT2D eigenvalue weighted by molar-refractivity contribution is 0.361. The van der Waals surface area contributed by atoms with Crippen LogP contribution in [-0.4, -0.2) is 14.2 Å². The van der Waals surface area contributed by atoms with Crippen molar-refractivity contribution in [3.05, 3.63) is 72.8 Å². The summed E-state index contributed by atoms with van der Waals surface area (Å²) in [4.78, 5) is 0. The molecule has 4 rings (SSSR count). The van der Waals surface area contributed by atoms with Crippen molar-refractivity contribution >= 4 is 21.5 Å². The van der Waals surface area contributed by atoms with Gasteiger partial charge in [0.15, 0.2) is 23.0 Å². The molecule has 0 fully saturated rings. The van der Waals surface area contributed by atoms with Gasteiger partial charge in [-0.3, -0.25) is 0 Å². The van der Waals surface area contributed by atoms with Crippen molar-refractivity contribution in [2.75, 3.05) is 14.2 Å². The zero-order chi connectivity index (χ0) is 17.2. The Morgan fingerprint density at radius 1 is 0.520 bits per heavy atom. The number of fused-ring (bicyclic) bond motifs is 2. The van der Waals surface area contributed by atoms with Gasteiger partial charge in [0, 0.05) is 10.8 Å². The van der Waals surface area contributed by atoms with Crippen molar-refractivity contribution in [3.8, 4) is 23.0 Å². The number of rotatable bonds is 4. The van der Waals surface area contributed by atoms with Crippen molar-refractivity contribution in [1.29, 1.82) is 0 Å². The highest BCUT2D eigenvalue weighted by molar-refractivity contribution is 5.92. The molecule has 124 valence electrons. The predicted octanol–water partition coefficient (Wildman–Crippen LogP) is 5.80. The van der Waals surface area contributed by atoms with Crippen LogP contribution < -0.4 is 14.2 Å². The molecule has 0 atom stereocenters. The van der Waals surface area contributed by atoms with E-state index in [1.165, 1.54) is 0 Å². The second kappa shape index (κ2) is 6.36. The molecule has 25 heavy (non-hydrogen) atoms. The molecular formula is C22H18O3. The summed E-state index contributed by atoms with van der Waals surface area (Å²) in [5, 5.41) is 4.25. The molecule has 4 aromatic rings. The van der Waals surface area contributed by atoms with E-state index >= 15 is 0 Å². The standard InChI is InChI=1S/C22H18O3/c1-23-21-17-9-5-3-7-15(17)11-13-19(21)25-20-14-12-16-8-4-6-10-18(16)22(20)24-2/h3-14H,1-2H3. The quantitative estimate of drug-likeness (QED) is 0.473. The summed E-state index contributed by atoms with van der Waals surface area (Å²) >= 11 is 0. The first kappa shape index (κ1) is 15.3. The Morgan fingerprint density at radius 3 is 1.40 bits per heavy atom. The number of methoxy groups -OCH3 is 2. The molecule has 0 spiro atoms. The first-order valence-corrected chi connectivity index (χ1v) is 8.11. The van der Waals surface area contributed by atoms with E-state index in [-0.39, 0.29) is 0 Å². The highest BCUT2D eigenvalue weighted by atomic mass is 16.5. The number of ether oxygens (including phenoxy) is 3. The molecule has 0 saturated carbocycles. The van der Waals surface area contributed by atoms with Gasteiger partial charge in [0.1, 0.15) is 0 Å². The van der Waals surface area contributed by atoms with Gasteiger partial charge in [-0.25, -0.2) is 0 Å². The van der Waals surface area contributed by atoms with Crippen LogP contribution in [0.25, 0.3) is 21.5 Å². The fourth-order valence-corrected chi connectivity index (χ4v) is 3.15. The minimum atomic E-state index is 0.662. The lowest BCUT2D eigenvalue weighted by atomic mass is 10.1. The summed E-state index contributed by atoms with van der Waals surface area (Å²) in [6.07, 6.45) is 0. The smallest absolute Gasteiger partial charge is 0.170 e. The Bertz CT molecular complexity index is 968. The molecule has 0 saturated heterocycles. The van der Waals surface area contributed by atoms with E-state index in [4.69, 9.17) is 14.2 Å². The highest BCUT2D eigenvalue weighted by Gasteiger charge is 2.14. The number of hydrogen-bond donors (Lipinski definition) is 0. The minimum Gasteiger partial charge on any atom is -0.492 e. The van der Waals surface area contributed by atoms with E-state index in [1.54, 1.807) is 14.2 Å². The first-order chi connectivity index (χ1) is 12.3. The summed E-state index contributed by atoms with van der Waals surface area (Å²) in [5.41, 5.74) is 0. The SMILES string of the molecule is COc1c(Oc2ccc3ccccc3c2OC)ccc2ccccc12. The molecular weight excluding hydrogens is 312 g/mol. The van der Waals surface area contributed by atoms with Gasteiger partial charge < -0.3 is 14.2 Å². The Morgan fingerprint density at radius 2 is 0.960 bits per heavy atom. The zero-order valence-corrected chi connectivity index (χ0v) is 14.2. The topological polar surface area (TPSA) is 27.7 Å². The molecule has 0 aliphatic carbocycles. The third-order valence-corrected chi connectivity index (χ3v) is 4.32. The van der Waals surface area contributed by atoms with Crippen LogP contribution in [0.3, 0.4) is 0 Å². The third-order valence-electron chi connectivity index (χ3n) is 4.32. The zero-order valence-electron chi connectivity index (χ0n) is 14.2. The van der Waals surface area contributed by atoms with Crippen LogP contribution in [0, 0.1) is 0 Å². The molecule has 0 aliphatic rings. The molecule has 0 unspecified atom stereocenters. The van der Waals surface area contributed by atoms with Gasteiger partial charge in [-0.15, -0.1) is 0 Å². The van der Waals surface area contributed by atoms with Crippen molar-refractivity contribution in [1.82, 2.24) is 0 Å². The van der Waals surface area contributed by atoms with Crippen LogP contribution in [-0.2, 0) is 0 Å². The Balaban J connectivity index is 1.85. The Hall–Kier alpha value is -3.20. The number of hydrogen-bond acceptors (Lipinski definition) is 3. The lowest BCUT2D eigenvalue weighted by Gasteiger charge is -2.16. The van der Waals surface area contributed by atoms with Crippen LogP contribution in [0.1, 0.15) is 0 Å². The summed E-state index contributed by atoms with van der Waals surface area (Å²) in [6.45, 7) is 0. The molecule has 0 radical (unpaired) electrons. The second-order valence-corrected chi connectivity index (χ2v) is 5.74. The fourth-order valence-electron chi connectivity index (χ4n) is 3.15. The summed E-state index contributed by atoms with van der Waals surface area (Å²) in [7, 11) is 3.32. The maximum absolute atomic E-state index is 6.19. The van der Waals surface area contributed by atoms with Gasteiger partial charge in [-0.05, 0) is 22.9 Å². The lowest BCUT2D eigenvalue weighted by Crippen LogP contribution is -1.94. The van der Waals surface area contributed by atoms with E-state index in [0.717, 1.165) is 21.5 Å². The number of benzene rings is 4. The first-order valence-electron chi connectivity index (χ1n) is 8.11. The van der Waals surface area contributed by atoms with Crippen LogP contribution in [0.15, 0.2) is 72.8 Å². The molecule has 0 bridgehead atoms. The Labute approximate surface area is 146 Å². The van der Waals surface area contributed by atoms with Crippen LogP contribution >= 0.6 is 0 Å². The van der Waals surface area contributed by atoms with Gasteiger partial charge in [0.2, 0.25) is 0 Å². The Kier molecular flexibility index (Phi) is 3.90.